The summed E-state index contributed by atoms with van der Waals surface area (Å²) in [6.07, 6.45) is 2.15. The lowest BCUT2D eigenvalue weighted by molar-refractivity contribution is -0.188. The number of halogens is 4. The Morgan fingerprint density at radius 2 is 2.00 bits per heavy atom. The van der Waals surface area contributed by atoms with Gasteiger partial charge in [0, 0.05) is 12.6 Å². The fraction of sp³-hybridized carbons (Fsp3) is 0.727. The van der Waals surface area contributed by atoms with Crippen LogP contribution in [-0.2, 0) is 6.42 Å². The molecule has 1 aliphatic carbocycles. The number of hydrogen-bond acceptors (Lipinski definition) is 1. The number of aromatic amines is 1. The maximum absolute atomic E-state index is 12.9. The minimum atomic E-state index is -4.10. The fourth-order valence-electron chi connectivity index (χ4n) is 2.54. The highest BCUT2D eigenvalue weighted by Crippen LogP contribution is 2.42. The zero-order valence-corrected chi connectivity index (χ0v) is 10.2. The highest BCUT2D eigenvalue weighted by Gasteiger charge is 2.45. The van der Waals surface area contributed by atoms with Crippen molar-refractivity contribution in [3.63, 3.8) is 0 Å². The van der Waals surface area contributed by atoms with Gasteiger partial charge in [0.1, 0.15) is 0 Å². The quantitative estimate of drug-likeness (QED) is 0.889. The second-order valence-corrected chi connectivity index (χ2v) is 4.46. The van der Waals surface area contributed by atoms with Crippen LogP contribution in [0.4, 0.5) is 13.2 Å². The van der Waals surface area contributed by atoms with E-state index < -0.39 is 12.1 Å². The summed E-state index contributed by atoms with van der Waals surface area (Å²) >= 11 is 0. The molecule has 0 aliphatic heterocycles. The minimum absolute atomic E-state index is 0. The van der Waals surface area contributed by atoms with E-state index in [9.17, 15) is 13.2 Å². The Balaban J connectivity index is 0.00000144. The molecule has 1 fully saturated rings. The van der Waals surface area contributed by atoms with Gasteiger partial charge in [-0.1, -0.05) is 12.8 Å². The van der Waals surface area contributed by atoms with Gasteiger partial charge in [-0.3, -0.25) is 0 Å². The van der Waals surface area contributed by atoms with Gasteiger partial charge < -0.3 is 4.98 Å². The third-order valence-electron chi connectivity index (χ3n) is 3.37. The summed E-state index contributed by atoms with van der Waals surface area (Å²) < 4.78 is 38.8. The van der Waals surface area contributed by atoms with Crippen molar-refractivity contribution in [2.45, 2.75) is 38.3 Å². The first kappa shape index (κ1) is 14.4. The molecule has 98 valence electrons. The molecule has 6 heteroatoms. The van der Waals surface area contributed by atoms with Crippen molar-refractivity contribution in [2.24, 2.45) is 11.8 Å². The first-order chi connectivity index (χ1) is 7.57. The molecule has 1 atom stereocenters. The molecule has 1 aliphatic rings. The van der Waals surface area contributed by atoms with Gasteiger partial charge in [-0.15, -0.1) is 12.4 Å². The standard InChI is InChI=1S/C11H15F3N2.ClH/c12-11(13,14)10(8-3-1-2-4-8)5-9-6-15-7-16-9;/h6-8,10H,1-5H2,(H,15,16);1H. The Hall–Kier alpha value is -0.710. The molecule has 1 heterocycles. The van der Waals surface area contributed by atoms with Gasteiger partial charge in [-0.05, 0) is 18.8 Å². The number of alkyl halides is 3. The van der Waals surface area contributed by atoms with Gasteiger partial charge in [0.15, 0.2) is 0 Å². The van der Waals surface area contributed by atoms with Crippen molar-refractivity contribution >= 4 is 12.4 Å². The molecule has 0 saturated heterocycles. The molecule has 1 aromatic heterocycles. The molecule has 2 rings (SSSR count). The first-order valence-electron chi connectivity index (χ1n) is 5.62. The maximum Gasteiger partial charge on any atom is 0.392 e. The average Bonchev–Trinajstić information content (AvgIpc) is 2.85. The monoisotopic (exact) mass is 268 g/mol. The van der Waals surface area contributed by atoms with Crippen LogP contribution in [0.3, 0.4) is 0 Å². The molecule has 0 amide bonds. The van der Waals surface area contributed by atoms with Gasteiger partial charge in [0.05, 0.1) is 17.9 Å². The third kappa shape index (κ3) is 3.63. The Morgan fingerprint density at radius 3 is 2.47 bits per heavy atom. The van der Waals surface area contributed by atoms with E-state index in [2.05, 4.69) is 9.97 Å². The summed E-state index contributed by atoms with van der Waals surface area (Å²) in [6, 6.07) is 0. The Morgan fingerprint density at radius 1 is 1.35 bits per heavy atom. The summed E-state index contributed by atoms with van der Waals surface area (Å²) in [6.45, 7) is 0. The van der Waals surface area contributed by atoms with Crippen molar-refractivity contribution in [3.8, 4) is 0 Å². The fourth-order valence-corrected chi connectivity index (χ4v) is 2.54. The normalized spacial score (nSPS) is 19.0. The van der Waals surface area contributed by atoms with Gasteiger partial charge in [-0.2, -0.15) is 13.2 Å². The summed E-state index contributed by atoms with van der Waals surface area (Å²) in [4.78, 5) is 6.58. The molecule has 1 N–H and O–H groups in total. The largest absolute Gasteiger partial charge is 0.392 e. The molecule has 1 aromatic rings. The predicted octanol–water partition coefficient (Wildman–Crippen LogP) is 3.74. The predicted molar refractivity (Wildman–Crippen MR) is 61.0 cm³/mol. The van der Waals surface area contributed by atoms with E-state index in [0.717, 1.165) is 12.8 Å². The van der Waals surface area contributed by atoms with Crippen molar-refractivity contribution in [1.82, 2.24) is 9.97 Å². The third-order valence-corrected chi connectivity index (χ3v) is 3.37. The molecular weight excluding hydrogens is 253 g/mol. The van der Waals surface area contributed by atoms with E-state index in [1.807, 2.05) is 0 Å². The zero-order chi connectivity index (χ0) is 11.6. The number of H-pyrrole nitrogens is 1. The number of imidazole rings is 1. The van der Waals surface area contributed by atoms with Crippen LogP contribution in [0.5, 0.6) is 0 Å². The number of rotatable bonds is 3. The lowest BCUT2D eigenvalue weighted by Gasteiger charge is -2.25. The van der Waals surface area contributed by atoms with Crippen LogP contribution in [-0.4, -0.2) is 16.1 Å². The molecule has 0 spiro atoms. The van der Waals surface area contributed by atoms with Crippen molar-refractivity contribution < 1.29 is 13.2 Å². The number of nitrogens with one attached hydrogen (secondary N) is 1. The molecule has 17 heavy (non-hydrogen) atoms. The maximum atomic E-state index is 12.9. The molecule has 0 bridgehead atoms. The first-order valence-corrected chi connectivity index (χ1v) is 5.62. The van der Waals surface area contributed by atoms with E-state index in [0.29, 0.717) is 18.5 Å². The summed E-state index contributed by atoms with van der Waals surface area (Å²) in [5.41, 5.74) is 0.509. The number of aromatic nitrogens is 2. The second kappa shape index (κ2) is 5.76. The van der Waals surface area contributed by atoms with Crippen LogP contribution < -0.4 is 0 Å². The summed E-state index contributed by atoms with van der Waals surface area (Å²) in [5, 5.41) is 0. The molecule has 2 nitrogen and oxygen atoms in total. The SMILES string of the molecule is Cl.FC(F)(F)C(Cc1c[nH]cn1)C1CCCC1. The second-order valence-electron chi connectivity index (χ2n) is 4.46. The highest BCUT2D eigenvalue weighted by atomic mass is 35.5. The van der Waals surface area contributed by atoms with Crippen molar-refractivity contribution in [2.75, 3.05) is 0 Å². The average molecular weight is 269 g/mol. The number of hydrogen-bond donors (Lipinski definition) is 1. The van der Waals surface area contributed by atoms with Crippen LogP contribution in [0.25, 0.3) is 0 Å². The smallest absolute Gasteiger partial charge is 0.351 e. The van der Waals surface area contributed by atoms with Crippen LogP contribution in [0.1, 0.15) is 31.4 Å². The van der Waals surface area contributed by atoms with Gasteiger partial charge in [0.2, 0.25) is 0 Å². The van der Waals surface area contributed by atoms with Gasteiger partial charge in [-0.25, -0.2) is 4.98 Å². The van der Waals surface area contributed by atoms with Crippen LogP contribution in [0.15, 0.2) is 12.5 Å². The van der Waals surface area contributed by atoms with E-state index in [1.54, 1.807) is 6.20 Å². The lowest BCUT2D eigenvalue weighted by atomic mass is 9.86. The van der Waals surface area contributed by atoms with Gasteiger partial charge >= 0.3 is 6.18 Å². The lowest BCUT2D eigenvalue weighted by Crippen LogP contribution is -2.31. The van der Waals surface area contributed by atoms with E-state index >= 15 is 0 Å². The minimum Gasteiger partial charge on any atom is -0.351 e. The van der Waals surface area contributed by atoms with E-state index in [1.165, 1.54) is 6.33 Å². The molecule has 1 saturated carbocycles. The van der Waals surface area contributed by atoms with Crippen molar-refractivity contribution in [1.29, 1.82) is 0 Å². The summed E-state index contributed by atoms with van der Waals surface area (Å²) in [7, 11) is 0. The molecular formula is C11H16ClF3N2. The Kier molecular flexibility index (Phi) is 4.86. The molecule has 0 radical (unpaired) electrons. The van der Waals surface area contributed by atoms with Crippen LogP contribution in [0, 0.1) is 11.8 Å². The zero-order valence-electron chi connectivity index (χ0n) is 9.33. The van der Waals surface area contributed by atoms with Crippen LogP contribution in [0.2, 0.25) is 0 Å². The molecule has 1 unspecified atom stereocenters. The van der Waals surface area contributed by atoms with Gasteiger partial charge in [0.25, 0.3) is 0 Å². The summed E-state index contributed by atoms with van der Waals surface area (Å²) in [5.74, 6) is -1.44. The Bertz CT molecular complexity index is 318. The van der Waals surface area contributed by atoms with Crippen LogP contribution >= 0.6 is 12.4 Å². The number of nitrogens with zero attached hydrogens (tertiary/aromatic N) is 1. The van der Waals surface area contributed by atoms with E-state index in [-0.39, 0.29) is 24.7 Å². The van der Waals surface area contributed by atoms with E-state index in [4.69, 9.17) is 0 Å². The highest BCUT2D eigenvalue weighted by molar-refractivity contribution is 5.85. The topological polar surface area (TPSA) is 28.7 Å². The Labute approximate surface area is 104 Å². The van der Waals surface area contributed by atoms with Crippen molar-refractivity contribution in [3.05, 3.63) is 18.2 Å². The molecule has 0 aromatic carbocycles.